The van der Waals surface area contributed by atoms with E-state index in [-0.39, 0.29) is 5.91 Å². The van der Waals surface area contributed by atoms with E-state index in [1.807, 2.05) is 31.2 Å². The molecule has 0 unspecified atom stereocenters. The summed E-state index contributed by atoms with van der Waals surface area (Å²) in [5.74, 6) is -0.0948. The number of amides is 1. The van der Waals surface area contributed by atoms with Crippen molar-refractivity contribution in [2.45, 2.75) is 20.0 Å². The van der Waals surface area contributed by atoms with Crippen molar-refractivity contribution in [2.75, 3.05) is 26.3 Å². The average Bonchev–Trinajstić information content (AvgIpc) is 3.16. The Hall–Kier alpha value is -2.25. The Labute approximate surface area is 185 Å². The molecular weight excluding hydrogens is 418 g/mol. The predicted octanol–water partition coefficient (Wildman–Crippen LogP) is 4.53. The van der Waals surface area contributed by atoms with Gasteiger partial charge in [-0.05, 0) is 30.2 Å². The number of benzene rings is 2. The Bertz CT molecular complexity index is 996. The van der Waals surface area contributed by atoms with E-state index in [2.05, 4.69) is 39.5 Å². The topological polar surface area (TPSA) is 54.5 Å². The number of hydrogen-bond acceptors (Lipinski definition) is 5. The minimum Gasteiger partial charge on any atom is -0.379 e. The predicted molar refractivity (Wildman–Crippen MR) is 121 cm³/mol. The molecule has 0 radical (unpaired) electrons. The molecule has 1 saturated heterocycles. The van der Waals surface area contributed by atoms with Gasteiger partial charge in [-0.25, -0.2) is 4.98 Å². The van der Waals surface area contributed by atoms with Gasteiger partial charge < -0.3 is 10.1 Å². The van der Waals surface area contributed by atoms with Crippen LogP contribution < -0.4 is 5.32 Å². The molecule has 2 aromatic carbocycles. The number of carbonyl (C=O) groups is 1. The Morgan fingerprint density at radius 3 is 2.47 bits per heavy atom. The third-order valence-electron chi connectivity index (χ3n) is 5.08. The molecule has 5 nitrogen and oxygen atoms in total. The van der Waals surface area contributed by atoms with Gasteiger partial charge in [0.25, 0.3) is 5.91 Å². The van der Waals surface area contributed by atoms with Crippen molar-refractivity contribution < 1.29 is 9.53 Å². The van der Waals surface area contributed by atoms with Gasteiger partial charge in [0, 0.05) is 36.8 Å². The molecule has 1 aliphatic heterocycles. The Morgan fingerprint density at radius 1 is 1.10 bits per heavy atom. The van der Waals surface area contributed by atoms with Gasteiger partial charge in [-0.2, -0.15) is 0 Å². The van der Waals surface area contributed by atoms with E-state index >= 15 is 0 Å². The van der Waals surface area contributed by atoms with Gasteiger partial charge in [-0.15, -0.1) is 11.3 Å². The zero-order chi connectivity index (χ0) is 20.9. The largest absolute Gasteiger partial charge is 0.379 e. The molecule has 30 heavy (non-hydrogen) atoms. The van der Waals surface area contributed by atoms with Gasteiger partial charge in [0.2, 0.25) is 0 Å². The van der Waals surface area contributed by atoms with Crippen molar-refractivity contribution in [3.8, 4) is 10.6 Å². The monoisotopic (exact) mass is 441 g/mol. The fraction of sp³-hybridized carbons (Fsp3) is 0.304. The molecule has 2 heterocycles. The molecule has 7 heteroatoms. The van der Waals surface area contributed by atoms with Crippen LogP contribution in [0.2, 0.25) is 5.02 Å². The van der Waals surface area contributed by atoms with Crippen molar-refractivity contribution >= 4 is 28.8 Å². The van der Waals surface area contributed by atoms with Crippen molar-refractivity contribution in [3.05, 3.63) is 75.3 Å². The van der Waals surface area contributed by atoms with Crippen LogP contribution in [-0.2, 0) is 17.8 Å². The normalized spacial score (nSPS) is 14.6. The summed E-state index contributed by atoms with van der Waals surface area (Å²) in [6.07, 6.45) is 0. The molecule has 0 atom stereocenters. The van der Waals surface area contributed by atoms with Crippen molar-refractivity contribution in [1.82, 2.24) is 15.2 Å². The average molecular weight is 442 g/mol. The molecular formula is C23H24ClN3O2S. The number of morpholine rings is 1. The van der Waals surface area contributed by atoms with E-state index in [9.17, 15) is 4.79 Å². The zero-order valence-electron chi connectivity index (χ0n) is 16.9. The number of hydrogen-bond donors (Lipinski definition) is 1. The Kier molecular flexibility index (Phi) is 6.79. The Morgan fingerprint density at radius 2 is 1.77 bits per heavy atom. The maximum Gasteiger partial charge on any atom is 0.263 e. The molecule has 1 amide bonds. The Balaban J connectivity index is 1.34. The van der Waals surface area contributed by atoms with Crippen LogP contribution in [0.3, 0.4) is 0 Å². The number of halogens is 1. The molecule has 1 fully saturated rings. The molecule has 0 aliphatic carbocycles. The maximum atomic E-state index is 12.7. The van der Waals surface area contributed by atoms with Crippen LogP contribution in [0.5, 0.6) is 0 Å². The maximum absolute atomic E-state index is 12.7. The highest BCUT2D eigenvalue weighted by Gasteiger charge is 2.16. The first-order valence-electron chi connectivity index (χ1n) is 9.98. The summed E-state index contributed by atoms with van der Waals surface area (Å²) in [7, 11) is 0. The second-order valence-corrected chi connectivity index (χ2v) is 8.76. The van der Waals surface area contributed by atoms with Crippen molar-refractivity contribution in [3.63, 3.8) is 0 Å². The highest BCUT2D eigenvalue weighted by molar-refractivity contribution is 7.17. The van der Waals surface area contributed by atoms with Crippen LogP contribution in [-0.4, -0.2) is 42.1 Å². The summed E-state index contributed by atoms with van der Waals surface area (Å²) in [4.78, 5) is 20.3. The summed E-state index contributed by atoms with van der Waals surface area (Å²) in [6.45, 7) is 6.86. The van der Waals surface area contributed by atoms with Gasteiger partial charge >= 0.3 is 0 Å². The number of aromatic nitrogens is 1. The molecule has 4 rings (SSSR count). The molecule has 156 valence electrons. The van der Waals surface area contributed by atoms with Crippen molar-refractivity contribution in [1.29, 1.82) is 0 Å². The van der Waals surface area contributed by atoms with E-state index in [1.165, 1.54) is 16.9 Å². The van der Waals surface area contributed by atoms with Crippen LogP contribution in [0.15, 0.2) is 48.5 Å². The van der Waals surface area contributed by atoms with Gasteiger partial charge in [0.05, 0.1) is 18.9 Å². The van der Waals surface area contributed by atoms with Crippen LogP contribution in [0.25, 0.3) is 10.6 Å². The van der Waals surface area contributed by atoms with Gasteiger partial charge in [-0.3, -0.25) is 9.69 Å². The first-order chi connectivity index (χ1) is 14.6. The third-order valence-corrected chi connectivity index (χ3v) is 6.54. The van der Waals surface area contributed by atoms with E-state index in [1.54, 1.807) is 0 Å². The van der Waals surface area contributed by atoms with Gasteiger partial charge in [0.1, 0.15) is 9.88 Å². The fourth-order valence-corrected chi connectivity index (χ4v) is 4.48. The first-order valence-corrected chi connectivity index (χ1v) is 11.2. The quantitative estimate of drug-likeness (QED) is 0.610. The van der Waals surface area contributed by atoms with E-state index in [0.717, 1.165) is 54.7 Å². The lowest BCUT2D eigenvalue weighted by Gasteiger charge is -2.26. The van der Waals surface area contributed by atoms with E-state index in [0.29, 0.717) is 16.4 Å². The molecule has 1 N–H and O–H groups in total. The van der Waals surface area contributed by atoms with Gasteiger partial charge in [-0.1, -0.05) is 48.0 Å². The van der Waals surface area contributed by atoms with Gasteiger partial charge in [0.15, 0.2) is 0 Å². The van der Waals surface area contributed by atoms with Crippen molar-refractivity contribution in [2.24, 2.45) is 0 Å². The first kappa shape index (κ1) is 21.0. The minimum atomic E-state index is -0.0948. The summed E-state index contributed by atoms with van der Waals surface area (Å²) < 4.78 is 5.40. The standard InChI is InChI=1S/C23H24ClN3O2S/c1-16-21(30-23(26-16)19-6-8-20(24)9-7-19)22(28)25-14-17-2-4-18(5-3-17)15-27-10-12-29-13-11-27/h2-9H,10-15H2,1H3,(H,25,28). The molecule has 0 saturated carbocycles. The number of ether oxygens (including phenoxy) is 1. The number of rotatable bonds is 6. The lowest BCUT2D eigenvalue weighted by atomic mass is 10.1. The number of nitrogens with one attached hydrogen (secondary N) is 1. The fourth-order valence-electron chi connectivity index (χ4n) is 3.37. The zero-order valence-corrected chi connectivity index (χ0v) is 18.4. The lowest BCUT2D eigenvalue weighted by molar-refractivity contribution is 0.0342. The van der Waals surface area contributed by atoms with Crippen LogP contribution in [0.4, 0.5) is 0 Å². The third kappa shape index (κ3) is 5.26. The summed E-state index contributed by atoms with van der Waals surface area (Å²) in [6, 6.07) is 15.9. The molecule has 3 aromatic rings. The number of aryl methyl sites for hydroxylation is 1. The van der Waals surface area contributed by atoms with Crippen LogP contribution in [0.1, 0.15) is 26.5 Å². The minimum absolute atomic E-state index is 0.0948. The second kappa shape index (κ2) is 9.71. The smallest absolute Gasteiger partial charge is 0.263 e. The highest BCUT2D eigenvalue weighted by atomic mass is 35.5. The molecule has 0 spiro atoms. The van der Waals surface area contributed by atoms with E-state index < -0.39 is 0 Å². The number of thiazole rings is 1. The summed E-state index contributed by atoms with van der Waals surface area (Å²) in [5, 5.41) is 4.52. The summed E-state index contributed by atoms with van der Waals surface area (Å²) in [5.41, 5.74) is 4.05. The second-order valence-electron chi connectivity index (χ2n) is 7.33. The summed E-state index contributed by atoms with van der Waals surface area (Å²) >= 11 is 7.36. The molecule has 1 aliphatic rings. The number of carbonyl (C=O) groups excluding carboxylic acids is 1. The molecule has 1 aromatic heterocycles. The number of nitrogens with zero attached hydrogens (tertiary/aromatic N) is 2. The highest BCUT2D eigenvalue weighted by Crippen LogP contribution is 2.28. The van der Waals surface area contributed by atoms with Crippen LogP contribution >= 0.6 is 22.9 Å². The van der Waals surface area contributed by atoms with Crippen LogP contribution in [0, 0.1) is 6.92 Å². The lowest BCUT2D eigenvalue weighted by Crippen LogP contribution is -2.35. The molecule has 0 bridgehead atoms. The van der Waals surface area contributed by atoms with E-state index in [4.69, 9.17) is 16.3 Å². The SMILES string of the molecule is Cc1nc(-c2ccc(Cl)cc2)sc1C(=O)NCc1ccc(CN2CCOCC2)cc1.